The third-order valence-electron chi connectivity index (χ3n) is 14.1. The number of hydrogen-bond acceptors (Lipinski definition) is 2. The summed E-state index contributed by atoms with van der Waals surface area (Å²) in [7, 11) is 14.0. The van der Waals surface area contributed by atoms with Crippen LogP contribution in [0.2, 0.25) is 0 Å². The number of nitrogens with one attached hydrogen (secondary N) is 4. The topological polar surface area (TPSA) is 24.2 Å². The zero-order valence-corrected chi connectivity index (χ0v) is 45.0. The van der Waals surface area contributed by atoms with Crippen molar-refractivity contribution in [3.63, 3.8) is 0 Å². The summed E-state index contributed by atoms with van der Waals surface area (Å²) in [5.41, 5.74) is -30.2. The molecule has 1 heterocycles. The summed E-state index contributed by atoms with van der Waals surface area (Å²) in [6, 6.07) is -8.81. The summed E-state index contributed by atoms with van der Waals surface area (Å²) in [5, 5.41) is 0. The molecule has 4 unspecified atom stereocenters. The molecule has 82 heavy (non-hydrogen) atoms. The van der Waals surface area contributed by atoms with E-state index in [9.17, 15) is 105 Å². The molecule has 0 spiro atoms. The van der Waals surface area contributed by atoms with Gasteiger partial charge in [-0.1, -0.05) is 48.5 Å². The summed E-state index contributed by atoms with van der Waals surface area (Å²) < 4.78 is 341. The molecule has 0 saturated carbocycles. The van der Waals surface area contributed by atoms with Crippen LogP contribution in [0.15, 0.2) is 72.8 Å². The third-order valence-corrected chi connectivity index (χ3v) is 14.1. The van der Waals surface area contributed by atoms with Gasteiger partial charge in [-0.25, -0.2) is 0 Å². The molecule has 1 aliphatic rings. The minimum atomic E-state index is -6.13. The van der Waals surface area contributed by atoms with Crippen molar-refractivity contribution in [1.82, 2.24) is 9.80 Å². The van der Waals surface area contributed by atoms with Crippen molar-refractivity contribution in [2.45, 2.75) is 49.4 Å². The first-order chi connectivity index (χ1) is 36.6. The zero-order chi connectivity index (χ0) is 61.9. The van der Waals surface area contributed by atoms with Gasteiger partial charge in [0.05, 0.1) is 98.9 Å². The molecule has 0 aliphatic carbocycles. The second-order valence-electron chi connectivity index (χ2n) is 20.7. The molecule has 0 aromatic heterocycles. The fraction of sp³-hybridized carbons (Fsp3) is 0.520. The van der Waals surface area contributed by atoms with Gasteiger partial charge in [-0.3, -0.25) is 9.80 Å². The first-order valence-corrected chi connectivity index (χ1v) is 24.6. The van der Waals surface area contributed by atoms with Gasteiger partial charge in [0.25, 0.3) is 0 Å². The van der Waals surface area contributed by atoms with Crippen molar-refractivity contribution in [3.8, 4) is 0 Å². The van der Waals surface area contributed by atoms with Gasteiger partial charge in [-0.15, -0.1) is 0 Å². The molecule has 1 aliphatic heterocycles. The Morgan fingerprint density at radius 2 is 0.402 bits per heavy atom. The predicted octanol–water partition coefficient (Wildman–Crippen LogP) is 2.14. The molecule has 4 aromatic rings. The van der Waals surface area contributed by atoms with Crippen LogP contribution in [0.5, 0.6) is 0 Å². The molecule has 1 saturated heterocycles. The molecule has 32 heteroatoms. The average Bonchev–Trinajstić information content (AvgIpc) is 3.32. The fourth-order valence-electron chi connectivity index (χ4n) is 9.17. The zero-order valence-electron chi connectivity index (χ0n) is 45.0. The Bertz CT molecular complexity index is 2180. The van der Waals surface area contributed by atoms with Gasteiger partial charge >= 0.3 is 68.3 Å². The van der Waals surface area contributed by atoms with Gasteiger partial charge in [-0.2, -0.15) is 127 Å². The van der Waals surface area contributed by atoms with Gasteiger partial charge in [0.15, 0.2) is 0 Å². The largest absolute Gasteiger partial charge is 1.00 e. The Balaban J connectivity index is 0.000000591. The van der Waals surface area contributed by atoms with E-state index in [1.54, 1.807) is 19.6 Å². The van der Waals surface area contributed by atoms with Crippen LogP contribution >= 0.6 is 0 Å². The minimum Gasteiger partial charge on any atom is -0.332 e. The second-order valence-corrected chi connectivity index (χ2v) is 20.7. The number of alkyl halides is 24. The average molecular weight is 1220 g/mol. The van der Waals surface area contributed by atoms with Crippen LogP contribution in [0, 0.1) is 0 Å². The maximum absolute atomic E-state index is 14.2. The van der Waals surface area contributed by atoms with E-state index in [2.05, 4.69) is 52.1 Å². The van der Waals surface area contributed by atoms with Crippen molar-refractivity contribution in [3.05, 3.63) is 117 Å². The standard InChI is InChI=1S/C32H12BF24.C18H42N6.Li/c34-25(35,36)13-1-14(26(37,38)39)6-21(5-13)33(22-7-15(27(40,41)42)2-16(8-22)28(43,44)45,23-9-17(29(46,47)48)3-18(10-23)30(49,50)51)24-11-19(31(52,53)54)4-20(12-24)32(55,56)57;1-19-7-9-20(2)11-13-22(4)15-17-24(6)18-16-23(5)14-12-21(3)10-8-19;/h1-12H;7-18H2,1-6H3;/q-1;;+1/p+4. The van der Waals surface area contributed by atoms with Crippen LogP contribution in [0.3, 0.4) is 0 Å². The normalized spacial score (nSPS) is 20.3. The number of benzene rings is 4. The Morgan fingerprint density at radius 3 is 0.524 bits per heavy atom. The van der Waals surface area contributed by atoms with Crippen molar-refractivity contribution >= 4 is 28.0 Å². The number of quaternary nitrogens is 4. The van der Waals surface area contributed by atoms with E-state index < -0.39 is 195 Å². The molecule has 1 fully saturated rings. The van der Waals surface area contributed by atoms with Crippen molar-refractivity contribution < 1.29 is 144 Å². The Kier molecular flexibility index (Phi) is 23.6. The van der Waals surface area contributed by atoms with Crippen LogP contribution in [0.1, 0.15) is 44.5 Å². The van der Waals surface area contributed by atoms with Crippen LogP contribution in [-0.2, 0) is 49.4 Å². The first-order valence-electron chi connectivity index (χ1n) is 24.6. The van der Waals surface area contributed by atoms with E-state index in [-0.39, 0.29) is 18.9 Å². The number of nitrogens with zero attached hydrogens (tertiary/aromatic N) is 2. The Labute approximate surface area is 468 Å². The van der Waals surface area contributed by atoms with Crippen LogP contribution in [0.25, 0.3) is 0 Å². The molecule has 4 atom stereocenters. The number of rotatable bonds is 4. The van der Waals surface area contributed by atoms with E-state index in [0.29, 0.717) is 0 Å². The summed E-state index contributed by atoms with van der Waals surface area (Å²) in [6.45, 7) is 15.0. The van der Waals surface area contributed by atoms with E-state index in [0.717, 1.165) is 0 Å². The van der Waals surface area contributed by atoms with E-state index in [4.69, 9.17) is 0 Å². The molecule has 4 aromatic carbocycles. The summed E-state index contributed by atoms with van der Waals surface area (Å²) in [6.07, 6.45) is -54.8. The minimum absolute atomic E-state index is 0. The SMILES string of the molecule is CN1CC[NH+](C)CC[NH+](C)CCN(C)CC[NH+](C)CC[NH+](C)CC1.FC(F)(F)c1cc([B-](c2cc(C(F)(F)F)cc(C(F)(F)F)c2)(c2cc(C(F)(F)F)cc(C(F)(F)F)c2)c2cc(C(F)(F)F)cc(C(F)(F)F)c2)cc(C(F)(F)F)c1.[Li+]. The van der Waals surface area contributed by atoms with Crippen molar-refractivity contribution in [2.75, 3.05) is 121 Å². The summed E-state index contributed by atoms with van der Waals surface area (Å²) in [4.78, 5) is 11.7. The van der Waals surface area contributed by atoms with E-state index in [1.807, 2.05) is 0 Å². The molecule has 456 valence electrons. The molecule has 0 bridgehead atoms. The molecule has 6 nitrogen and oxygen atoms in total. The fourth-order valence-corrected chi connectivity index (χ4v) is 9.17. The molecule has 5 rings (SSSR count). The smallest absolute Gasteiger partial charge is 0.332 e. The maximum atomic E-state index is 14.2. The quantitative estimate of drug-likeness (QED) is 0.187. The van der Waals surface area contributed by atoms with Crippen molar-refractivity contribution in [1.29, 1.82) is 0 Å². The molecule has 0 amide bonds. The third kappa shape index (κ3) is 19.9. The second kappa shape index (κ2) is 26.9. The first kappa shape index (κ1) is 71.9. The summed E-state index contributed by atoms with van der Waals surface area (Å²) >= 11 is 0. The van der Waals surface area contributed by atoms with Gasteiger partial charge in [-0.05, 0) is 38.4 Å². The predicted molar refractivity (Wildman–Crippen MR) is 252 cm³/mol. The number of halogens is 24. The Morgan fingerprint density at radius 1 is 0.268 bits per heavy atom. The monoisotopic (exact) mass is 1220 g/mol. The molecular formula is C50H58BF24LiN6+4. The molecular weight excluding hydrogens is 1160 g/mol. The van der Waals surface area contributed by atoms with Crippen LogP contribution in [0.4, 0.5) is 105 Å². The van der Waals surface area contributed by atoms with Gasteiger partial charge in [0.2, 0.25) is 0 Å². The molecule has 4 N–H and O–H groups in total. The van der Waals surface area contributed by atoms with Crippen molar-refractivity contribution in [2.24, 2.45) is 0 Å². The molecule has 0 radical (unpaired) electrons. The van der Waals surface area contributed by atoms with E-state index >= 15 is 0 Å². The van der Waals surface area contributed by atoms with Crippen LogP contribution in [-0.4, -0.2) is 137 Å². The summed E-state index contributed by atoms with van der Waals surface area (Å²) in [5.74, 6) is 0. The van der Waals surface area contributed by atoms with E-state index in [1.165, 1.54) is 78.5 Å². The van der Waals surface area contributed by atoms with Crippen LogP contribution < -0.4 is 60.3 Å². The number of hydrogen-bond donors (Lipinski definition) is 4. The maximum Gasteiger partial charge on any atom is 1.00 e. The Hall–Kier alpha value is -4.38. The van der Waals surface area contributed by atoms with Gasteiger partial charge < -0.3 is 19.6 Å². The van der Waals surface area contributed by atoms with Gasteiger partial charge in [0.1, 0.15) is 32.3 Å². The van der Waals surface area contributed by atoms with Gasteiger partial charge in [0, 0.05) is 26.2 Å². The number of likely N-dealkylation sites (N-methyl/N-ethyl adjacent to an activating group) is 6.